The number of sulfonamides is 1. The number of H-pyrrole nitrogens is 2. The van der Waals surface area contributed by atoms with Crippen molar-refractivity contribution in [3.05, 3.63) is 63.4 Å². The zero-order valence-electron chi connectivity index (χ0n) is 13.6. The van der Waals surface area contributed by atoms with Gasteiger partial charge in [0.25, 0.3) is 5.56 Å². The summed E-state index contributed by atoms with van der Waals surface area (Å²) in [5.74, 6) is 0. The standard InChI is InChI=1S/C18H14ClN3O3S/c1-9-15(10-2-5-12(6-3-10)26(20,24)25)17-16(22-18(9)23)13-8-11(19)4-7-14(13)21-17/h2-8,21H,1H3,(H,22,23)(H2,20,24,25). The van der Waals surface area contributed by atoms with E-state index in [0.717, 1.165) is 16.4 Å². The SMILES string of the molecule is Cc1c(-c2ccc(S(N)(=O)=O)cc2)c2[nH]c3ccc(Cl)cc3c2[nH]c1=O. The van der Waals surface area contributed by atoms with Crippen LogP contribution in [0, 0.1) is 6.92 Å². The van der Waals surface area contributed by atoms with Gasteiger partial charge >= 0.3 is 0 Å². The first-order chi connectivity index (χ1) is 12.3. The highest BCUT2D eigenvalue weighted by atomic mass is 35.5. The van der Waals surface area contributed by atoms with Gasteiger partial charge in [-0.05, 0) is 42.8 Å². The van der Waals surface area contributed by atoms with Crippen molar-refractivity contribution in [2.45, 2.75) is 11.8 Å². The molecule has 0 fully saturated rings. The average Bonchev–Trinajstić information content (AvgIpc) is 2.92. The van der Waals surface area contributed by atoms with E-state index in [9.17, 15) is 13.2 Å². The Hall–Kier alpha value is -2.61. The first-order valence-corrected chi connectivity index (χ1v) is 9.65. The molecule has 0 atom stereocenters. The number of pyridine rings is 1. The van der Waals surface area contributed by atoms with Gasteiger partial charge < -0.3 is 9.97 Å². The molecule has 0 radical (unpaired) electrons. The summed E-state index contributed by atoms with van der Waals surface area (Å²) in [4.78, 5) is 18.7. The Morgan fingerprint density at radius 3 is 2.35 bits per heavy atom. The zero-order chi connectivity index (χ0) is 18.6. The van der Waals surface area contributed by atoms with Crippen LogP contribution in [0.2, 0.25) is 5.02 Å². The summed E-state index contributed by atoms with van der Waals surface area (Å²) in [6.45, 7) is 1.72. The molecule has 132 valence electrons. The summed E-state index contributed by atoms with van der Waals surface area (Å²) in [5, 5.41) is 6.53. The summed E-state index contributed by atoms with van der Waals surface area (Å²) in [7, 11) is -3.78. The molecule has 2 heterocycles. The first-order valence-electron chi connectivity index (χ1n) is 7.73. The van der Waals surface area contributed by atoms with Crippen molar-refractivity contribution < 1.29 is 8.42 Å². The Kier molecular flexibility index (Phi) is 3.69. The molecule has 0 aliphatic heterocycles. The van der Waals surface area contributed by atoms with Gasteiger partial charge in [-0.1, -0.05) is 23.7 Å². The number of hydrogen-bond donors (Lipinski definition) is 3. The second-order valence-electron chi connectivity index (χ2n) is 6.09. The minimum absolute atomic E-state index is 0.0171. The Morgan fingerprint density at radius 2 is 1.69 bits per heavy atom. The van der Waals surface area contributed by atoms with E-state index in [0.29, 0.717) is 27.2 Å². The lowest BCUT2D eigenvalue weighted by Gasteiger charge is -2.08. The van der Waals surface area contributed by atoms with E-state index >= 15 is 0 Å². The van der Waals surface area contributed by atoms with Gasteiger partial charge in [-0.3, -0.25) is 4.79 Å². The van der Waals surface area contributed by atoms with E-state index in [1.165, 1.54) is 12.1 Å². The van der Waals surface area contributed by atoms with E-state index in [4.69, 9.17) is 16.7 Å². The highest BCUT2D eigenvalue weighted by molar-refractivity contribution is 7.89. The molecule has 0 spiro atoms. The van der Waals surface area contributed by atoms with Crippen molar-refractivity contribution in [3.63, 3.8) is 0 Å². The fourth-order valence-corrected chi connectivity index (χ4v) is 3.85. The summed E-state index contributed by atoms with van der Waals surface area (Å²) < 4.78 is 22.9. The van der Waals surface area contributed by atoms with Crippen LogP contribution in [0.15, 0.2) is 52.2 Å². The molecule has 4 rings (SSSR count). The molecule has 0 saturated carbocycles. The molecule has 2 aromatic heterocycles. The Bertz CT molecular complexity index is 1340. The number of halogens is 1. The molecule has 4 aromatic rings. The molecule has 0 amide bonds. The summed E-state index contributed by atoms with van der Waals surface area (Å²) in [6, 6.07) is 11.5. The monoisotopic (exact) mass is 387 g/mol. The van der Waals surface area contributed by atoms with Crippen LogP contribution >= 0.6 is 11.6 Å². The second kappa shape index (κ2) is 5.70. The molecule has 26 heavy (non-hydrogen) atoms. The smallest absolute Gasteiger partial charge is 0.252 e. The molecule has 6 nitrogen and oxygen atoms in total. The lowest BCUT2D eigenvalue weighted by molar-refractivity contribution is 0.598. The predicted molar refractivity (Wildman–Crippen MR) is 103 cm³/mol. The van der Waals surface area contributed by atoms with Crippen molar-refractivity contribution in [1.29, 1.82) is 0 Å². The van der Waals surface area contributed by atoms with Crippen LogP contribution in [0.25, 0.3) is 33.1 Å². The van der Waals surface area contributed by atoms with Gasteiger partial charge in [0.15, 0.2) is 0 Å². The van der Waals surface area contributed by atoms with Gasteiger partial charge in [0.05, 0.1) is 15.9 Å². The number of aromatic amines is 2. The highest BCUT2D eigenvalue weighted by Crippen LogP contribution is 2.34. The Labute approximate surface area is 153 Å². The molecule has 4 N–H and O–H groups in total. The quantitative estimate of drug-likeness (QED) is 0.491. The second-order valence-corrected chi connectivity index (χ2v) is 8.09. The zero-order valence-corrected chi connectivity index (χ0v) is 15.2. The van der Waals surface area contributed by atoms with Gasteiger partial charge in [-0.25, -0.2) is 13.6 Å². The van der Waals surface area contributed by atoms with E-state index in [2.05, 4.69) is 9.97 Å². The van der Waals surface area contributed by atoms with Crippen LogP contribution in [0.5, 0.6) is 0 Å². The molecule has 0 saturated heterocycles. The molecule has 8 heteroatoms. The molecular formula is C18H14ClN3O3S. The van der Waals surface area contributed by atoms with Crippen molar-refractivity contribution in [3.8, 4) is 11.1 Å². The lowest BCUT2D eigenvalue weighted by Crippen LogP contribution is -2.12. The molecule has 0 bridgehead atoms. The summed E-state index contributed by atoms with van der Waals surface area (Å²) in [6.07, 6.45) is 0. The fraction of sp³-hybridized carbons (Fsp3) is 0.0556. The number of nitrogens with one attached hydrogen (secondary N) is 2. The van der Waals surface area contributed by atoms with E-state index in [1.807, 2.05) is 6.07 Å². The molecule has 2 aromatic carbocycles. The maximum Gasteiger partial charge on any atom is 0.252 e. The van der Waals surface area contributed by atoms with Crippen molar-refractivity contribution in [2.24, 2.45) is 5.14 Å². The third-order valence-electron chi connectivity index (χ3n) is 4.44. The van der Waals surface area contributed by atoms with Crippen molar-refractivity contribution in [2.75, 3.05) is 0 Å². The van der Waals surface area contributed by atoms with Crippen LogP contribution in [0.1, 0.15) is 5.56 Å². The fourth-order valence-electron chi connectivity index (χ4n) is 3.16. The van der Waals surface area contributed by atoms with Gasteiger partial charge in [0.1, 0.15) is 0 Å². The van der Waals surface area contributed by atoms with Crippen LogP contribution in [-0.4, -0.2) is 18.4 Å². The molecule has 0 aliphatic rings. The number of primary sulfonamides is 1. The maximum absolute atomic E-state index is 12.5. The number of fused-ring (bicyclic) bond motifs is 3. The van der Waals surface area contributed by atoms with Gasteiger partial charge in [0.2, 0.25) is 10.0 Å². The van der Waals surface area contributed by atoms with E-state index in [-0.39, 0.29) is 10.5 Å². The topological polar surface area (TPSA) is 109 Å². The first kappa shape index (κ1) is 16.8. The number of rotatable bonds is 2. The number of benzene rings is 2. The minimum Gasteiger partial charge on any atom is -0.353 e. The van der Waals surface area contributed by atoms with Crippen LogP contribution in [0.3, 0.4) is 0 Å². The molecule has 0 unspecified atom stereocenters. The van der Waals surface area contributed by atoms with Crippen LogP contribution < -0.4 is 10.7 Å². The normalized spacial score (nSPS) is 12.1. The van der Waals surface area contributed by atoms with Crippen LogP contribution in [-0.2, 0) is 10.0 Å². The van der Waals surface area contributed by atoms with Gasteiger partial charge in [-0.15, -0.1) is 0 Å². The summed E-state index contributed by atoms with van der Waals surface area (Å²) in [5.41, 5.74) is 3.97. The largest absolute Gasteiger partial charge is 0.353 e. The van der Waals surface area contributed by atoms with Crippen LogP contribution in [0.4, 0.5) is 0 Å². The third kappa shape index (κ3) is 2.61. The third-order valence-corrected chi connectivity index (χ3v) is 5.60. The van der Waals surface area contributed by atoms with Crippen molar-refractivity contribution >= 4 is 43.6 Å². The average molecular weight is 388 g/mol. The maximum atomic E-state index is 12.5. The summed E-state index contributed by atoms with van der Waals surface area (Å²) >= 11 is 6.09. The van der Waals surface area contributed by atoms with Gasteiger partial charge in [-0.2, -0.15) is 0 Å². The number of aromatic nitrogens is 2. The molecular weight excluding hydrogens is 374 g/mol. The van der Waals surface area contributed by atoms with E-state index in [1.54, 1.807) is 31.2 Å². The number of nitrogens with two attached hydrogens (primary N) is 1. The minimum atomic E-state index is -3.78. The van der Waals surface area contributed by atoms with Gasteiger partial charge in [0, 0.05) is 27.1 Å². The Balaban J connectivity index is 2.07. The number of hydrogen-bond acceptors (Lipinski definition) is 3. The molecule has 0 aliphatic carbocycles. The Morgan fingerprint density at radius 1 is 1.00 bits per heavy atom. The van der Waals surface area contributed by atoms with Crippen molar-refractivity contribution in [1.82, 2.24) is 9.97 Å². The van der Waals surface area contributed by atoms with E-state index < -0.39 is 10.0 Å². The highest BCUT2D eigenvalue weighted by Gasteiger charge is 2.16. The predicted octanol–water partition coefficient (Wildman–Crippen LogP) is 3.29. The lowest BCUT2D eigenvalue weighted by atomic mass is 10.0.